The zero-order valence-corrected chi connectivity index (χ0v) is 21.9. The molecule has 1 N–H and O–H groups in total. The second-order valence-electron chi connectivity index (χ2n) is 9.84. The molecular weight excluding hydrogens is 525 g/mol. The van der Waals surface area contributed by atoms with Gasteiger partial charge in [0.1, 0.15) is 5.82 Å². The van der Waals surface area contributed by atoms with E-state index in [1.165, 1.54) is 12.1 Å². The first-order valence-electron chi connectivity index (χ1n) is 12.9. The van der Waals surface area contributed by atoms with Gasteiger partial charge in [0.15, 0.2) is 5.78 Å². The van der Waals surface area contributed by atoms with Gasteiger partial charge in [-0.3, -0.25) is 14.6 Å². The molecular formula is C29H27F3N4O2S. The molecule has 1 saturated heterocycles. The number of allylic oxidation sites excluding steroid dienone is 1. The Labute approximate surface area is 228 Å². The number of halogens is 3. The average Bonchev–Trinajstić information content (AvgIpc) is 3.24. The molecule has 0 unspecified atom stereocenters. The molecule has 39 heavy (non-hydrogen) atoms. The Morgan fingerprint density at radius 2 is 1.77 bits per heavy atom. The topological polar surface area (TPSA) is 84.8 Å². The van der Waals surface area contributed by atoms with E-state index in [-0.39, 0.29) is 22.9 Å². The van der Waals surface area contributed by atoms with Crippen molar-refractivity contribution in [1.82, 2.24) is 20.3 Å². The number of nitrogens with one attached hydrogen (secondary N) is 1. The van der Waals surface area contributed by atoms with E-state index in [0.29, 0.717) is 40.5 Å². The molecule has 0 atom stereocenters. The highest BCUT2D eigenvalue weighted by Gasteiger charge is 2.33. The minimum atomic E-state index is -4.44. The summed E-state index contributed by atoms with van der Waals surface area (Å²) in [7, 11) is 0. The van der Waals surface area contributed by atoms with Gasteiger partial charge in [0.2, 0.25) is 5.12 Å². The van der Waals surface area contributed by atoms with Crippen molar-refractivity contribution in [3.05, 3.63) is 82.4 Å². The van der Waals surface area contributed by atoms with E-state index in [1.807, 2.05) is 6.07 Å². The zero-order valence-electron chi connectivity index (χ0n) is 21.1. The summed E-state index contributed by atoms with van der Waals surface area (Å²) in [6, 6.07) is 12.7. The van der Waals surface area contributed by atoms with Crippen LogP contribution in [0.15, 0.2) is 59.6 Å². The fourth-order valence-electron chi connectivity index (χ4n) is 5.03. The lowest BCUT2D eigenvalue weighted by Crippen LogP contribution is -2.33. The Morgan fingerprint density at radius 3 is 2.51 bits per heavy atom. The minimum absolute atomic E-state index is 0.0563. The second-order valence-corrected chi connectivity index (χ2v) is 10.9. The van der Waals surface area contributed by atoms with E-state index < -0.39 is 11.7 Å². The minimum Gasteiger partial charge on any atom is -0.308 e. The standard InChI is InChI=1S/C29H27F3N4O2S/c30-29(31,32)23-6-2-1-5-22(23)24-7-3-4-21(35-24)17-34-19-10-8-18(9-11-19)14-27-33-13-12-20(36-27)15-26-25(37)16-28(38)39-26/h1-7,12-13,15,18-19,34H,8-11,14,16-17H2/b26-15-. The van der Waals surface area contributed by atoms with Gasteiger partial charge >= 0.3 is 6.18 Å². The number of hydrogen-bond acceptors (Lipinski definition) is 7. The molecule has 2 aliphatic rings. The van der Waals surface area contributed by atoms with E-state index in [9.17, 15) is 22.8 Å². The Bertz CT molecular complexity index is 1400. The SMILES string of the molecule is O=C1CC(=O)/C(=C/c2ccnc(CC3CCC(NCc4cccc(-c5ccccc5C(F)(F)F)n4)CC3)n2)S1. The Hall–Kier alpha value is -3.37. The van der Waals surface area contributed by atoms with Crippen LogP contribution in [0.3, 0.4) is 0 Å². The van der Waals surface area contributed by atoms with Crippen molar-refractivity contribution in [2.75, 3.05) is 0 Å². The van der Waals surface area contributed by atoms with Crippen molar-refractivity contribution in [2.24, 2.45) is 5.92 Å². The highest BCUT2D eigenvalue weighted by Crippen LogP contribution is 2.36. The molecule has 0 amide bonds. The van der Waals surface area contributed by atoms with Crippen LogP contribution in [0.25, 0.3) is 17.3 Å². The number of ketones is 1. The maximum atomic E-state index is 13.4. The largest absolute Gasteiger partial charge is 0.417 e. The number of thioether (sulfide) groups is 1. The lowest BCUT2D eigenvalue weighted by molar-refractivity contribution is -0.137. The molecule has 3 heterocycles. The van der Waals surface area contributed by atoms with Gasteiger partial charge < -0.3 is 5.32 Å². The maximum Gasteiger partial charge on any atom is 0.417 e. The number of carbonyl (C=O) groups excluding carboxylic acids is 2. The van der Waals surface area contributed by atoms with Crippen molar-refractivity contribution in [2.45, 2.75) is 57.3 Å². The molecule has 1 aliphatic heterocycles. The van der Waals surface area contributed by atoms with E-state index in [4.69, 9.17) is 0 Å². The van der Waals surface area contributed by atoms with Crippen LogP contribution in [0, 0.1) is 5.92 Å². The molecule has 1 saturated carbocycles. The Morgan fingerprint density at radius 1 is 0.974 bits per heavy atom. The van der Waals surface area contributed by atoms with Crippen molar-refractivity contribution >= 4 is 28.7 Å². The van der Waals surface area contributed by atoms with Crippen molar-refractivity contribution in [3.63, 3.8) is 0 Å². The first kappa shape index (κ1) is 27.2. The first-order valence-corrected chi connectivity index (χ1v) is 13.7. The average molecular weight is 553 g/mol. The van der Waals surface area contributed by atoms with Gasteiger partial charge in [-0.05, 0) is 73.7 Å². The van der Waals surface area contributed by atoms with Crippen molar-refractivity contribution in [3.8, 4) is 11.3 Å². The van der Waals surface area contributed by atoms with Crippen molar-refractivity contribution < 1.29 is 22.8 Å². The van der Waals surface area contributed by atoms with Crippen LogP contribution in [-0.2, 0) is 28.7 Å². The van der Waals surface area contributed by atoms with Crippen LogP contribution in [0.1, 0.15) is 54.9 Å². The molecule has 0 spiro atoms. The highest BCUT2D eigenvalue weighted by molar-refractivity contribution is 8.18. The summed E-state index contributed by atoms with van der Waals surface area (Å²) >= 11 is 0.970. The fourth-order valence-corrected chi connectivity index (χ4v) is 5.85. The fraction of sp³-hybridized carbons (Fsp3) is 0.345. The lowest BCUT2D eigenvalue weighted by atomic mass is 9.84. The second kappa shape index (κ2) is 11.8. The van der Waals surface area contributed by atoms with E-state index >= 15 is 0 Å². The number of carbonyl (C=O) groups is 2. The van der Waals surface area contributed by atoms with Gasteiger partial charge in [-0.25, -0.2) is 9.97 Å². The third-order valence-corrected chi connectivity index (χ3v) is 7.95. The van der Waals surface area contributed by atoms with Crippen LogP contribution in [-0.4, -0.2) is 31.9 Å². The van der Waals surface area contributed by atoms with Gasteiger partial charge in [0, 0.05) is 30.8 Å². The smallest absolute Gasteiger partial charge is 0.308 e. The third-order valence-electron chi connectivity index (χ3n) is 7.01. The summed E-state index contributed by atoms with van der Waals surface area (Å²) in [6.45, 7) is 0.483. The summed E-state index contributed by atoms with van der Waals surface area (Å²) in [6.07, 6.45) is 3.53. The molecule has 202 valence electrons. The van der Waals surface area contributed by atoms with Gasteiger partial charge in [0.05, 0.1) is 34.0 Å². The third kappa shape index (κ3) is 6.99. The number of rotatable bonds is 7. The van der Waals surface area contributed by atoms with E-state index in [0.717, 1.165) is 55.8 Å². The zero-order chi connectivity index (χ0) is 27.4. The Kier molecular flexibility index (Phi) is 8.23. The van der Waals surface area contributed by atoms with Crippen LogP contribution in [0.2, 0.25) is 0 Å². The molecule has 5 rings (SSSR count). The number of nitrogens with zero attached hydrogens (tertiary/aromatic N) is 3. The molecule has 1 aromatic carbocycles. The van der Waals surface area contributed by atoms with Gasteiger partial charge in [-0.2, -0.15) is 13.2 Å². The van der Waals surface area contributed by atoms with E-state index in [2.05, 4.69) is 20.3 Å². The highest BCUT2D eigenvalue weighted by atomic mass is 32.2. The number of benzene rings is 1. The monoisotopic (exact) mass is 552 g/mol. The molecule has 10 heteroatoms. The summed E-state index contributed by atoms with van der Waals surface area (Å²) < 4.78 is 40.3. The van der Waals surface area contributed by atoms with Gasteiger partial charge in [-0.15, -0.1) is 0 Å². The molecule has 1 aliphatic carbocycles. The van der Waals surface area contributed by atoms with Gasteiger partial charge in [0.25, 0.3) is 0 Å². The number of alkyl halides is 3. The molecule has 3 aromatic rings. The van der Waals surface area contributed by atoms with Crippen LogP contribution >= 0.6 is 11.8 Å². The number of Topliss-reactive ketones (excluding diaryl/α,β-unsaturated/α-hetero) is 1. The van der Waals surface area contributed by atoms with E-state index in [1.54, 1.807) is 36.5 Å². The lowest BCUT2D eigenvalue weighted by Gasteiger charge is -2.29. The predicted octanol–water partition coefficient (Wildman–Crippen LogP) is 6.02. The molecule has 6 nitrogen and oxygen atoms in total. The summed E-state index contributed by atoms with van der Waals surface area (Å²) in [4.78, 5) is 37.3. The Balaban J connectivity index is 1.14. The summed E-state index contributed by atoms with van der Waals surface area (Å²) in [5, 5.41) is 3.38. The van der Waals surface area contributed by atoms with Crippen molar-refractivity contribution in [1.29, 1.82) is 0 Å². The van der Waals surface area contributed by atoms with Crippen LogP contribution in [0.5, 0.6) is 0 Å². The number of aromatic nitrogens is 3. The summed E-state index contributed by atoms with van der Waals surface area (Å²) in [5.74, 6) is 1.00. The predicted molar refractivity (Wildman–Crippen MR) is 143 cm³/mol. The maximum absolute atomic E-state index is 13.4. The molecule has 2 aromatic heterocycles. The first-order chi connectivity index (χ1) is 18.7. The number of pyridine rings is 1. The molecule has 2 fully saturated rings. The van der Waals surface area contributed by atoms with Gasteiger partial charge in [-0.1, -0.05) is 24.3 Å². The van der Waals surface area contributed by atoms with Crippen LogP contribution in [0.4, 0.5) is 13.2 Å². The molecule has 0 radical (unpaired) electrons. The summed E-state index contributed by atoms with van der Waals surface area (Å²) in [5.41, 5.74) is 1.04. The number of hydrogen-bond donors (Lipinski definition) is 1. The normalized spacial score (nSPS) is 21.1. The van der Waals surface area contributed by atoms with Crippen LogP contribution < -0.4 is 5.32 Å². The molecule has 0 bridgehead atoms. The quantitative estimate of drug-likeness (QED) is 0.283.